The van der Waals surface area contributed by atoms with Crippen LogP contribution >= 0.6 is 15.9 Å². The number of carbonyl (C=O) groups excluding carboxylic acids is 2. The summed E-state index contributed by atoms with van der Waals surface area (Å²) in [7, 11) is 0. The largest absolute Gasteiger partial charge is 0.351 e. The Morgan fingerprint density at radius 3 is 2.64 bits per heavy atom. The molecular formula is C7H10BrNO2. The Kier molecular flexibility index (Phi) is 4.77. The summed E-state index contributed by atoms with van der Waals surface area (Å²) in [5.74, 6) is -0.524. The average molecular weight is 220 g/mol. The van der Waals surface area contributed by atoms with Crippen LogP contribution in [0.25, 0.3) is 0 Å². The zero-order valence-corrected chi connectivity index (χ0v) is 7.85. The van der Waals surface area contributed by atoms with E-state index in [0.717, 1.165) is 0 Å². The van der Waals surface area contributed by atoms with Crippen LogP contribution in [0.15, 0.2) is 12.7 Å². The Labute approximate surface area is 74.0 Å². The molecule has 0 rings (SSSR count). The van der Waals surface area contributed by atoms with Crippen molar-refractivity contribution >= 4 is 27.6 Å². The molecule has 1 atom stereocenters. The maximum absolute atomic E-state index is 10.9. The number of hydrogen-bond donors (Lipinski definition) is 1. The molecule has 1 amide bonds. The van der Waals surface area contributed by atoms with Gasteiger partial charge in [0.1, 0.15) is 0 Å². The maximum Gasteiger partial charge on any atom is 0.241 e. The SMILES string of the molecule is C=CCNC(=O)C(Br)C(C)=O. The molecule has 4 heteroatoms. The second-order valence-electron chi connectivity index (χ2n) is 2.01. The van der Waals surface area contributed by atoms with Gasteiger partial charge in [-0.25, -0.2) is 0 Å². The van der Waals surface area contributed by atoms with Crippen molar-refractivity contribution < 1.29 is 9.59 Å². The number of ketones is 1. The molecule has 1 unspecified atom stereocenters. The normalized spacial score (nSPS) is 11.8. The standard InChI is InChI=1S/C7H10BrNO2/c1-3-4-9-7(11)6(8)5(2)10/h3,6H,1,4H2,2H3,(H,9,11). The summed E-state index contributed by atoms with van der Waals surface area (Å²) in [5, 5.41) is 2.49. The highest BCUT2D eigenvalue weighted by Crippen LogP contribution is 1.99. The van der Waals surface area contributed by atoms with Gasteiger partial charge in [-0.1, -0.05) is 22.0 Å². The van der Waals surface area contributed by atoms with Gasteiger partial charge in [-0.15, -0.1) is 6.58 Å². The zero-order chi connectivity index (χ0) is 8.85. The number of Topliss-reactive ketones (excluding diaryl/α,β-unsaturated/α-hetero) is 1. The van der Waals surface area contributed by atoms with Crippen LogP contribution in [0, 0.1) is 0 Å². The van der Waals surface area contributed by atoms with Crippen LogP contribution in [0.5, 0.6) is 0 Å². The third kappa shape index (κ3) is 3.93. The van der Waals surface area contributed by atoms with Crippen molar-refractivity contribution in [1.29, 1.82) is 0 Å². The quantitative estimate of drug-likeness (QED) is 0.429. The highest BCUT2D eigenvalue weighted by molar-refractivity contribution is 9.10. The van der Waals surface area contributed by atoms with Crippen molar-refractivity contribution in [3.05, 3.63) is 12.7 Å². The lowest BCUT2D eigenvalue weighted by molar-refractivity contribution is -0.126. The molecule has 0 aliphatic heterocycles. The summed E-state index contributed by atoms with van der Waals surface area (Å²) in [6.07, 6.45) is 1.55. The Balaban J connectivity index is 3.82. The van der Waals surface area contributed by atoms with Crippen molar-refractivity contribution in [3.8, 4) is 0 Å². The minimum Gasteiger partial charge on any atom is -0.351 e. The van der Waals surface area contributed by atoms with E-state index in [2.05, 4.69) is 27.8 Å². The molecule has 0 aliphatic carbocycles. The first kappa shape index (κ1) is 10.4. The van der Waals surface area contributed by atoms with Gasteiger partial charge < -0.3 is 5.32 Å². The third-order valence-electron chi connectivity index (χ3n) is 1.01. The van der Waals surface area contributed by atoms with Gasteiger partial charge in [0.25, 0.3) is 0 Å². The van der Waals surface area contributed by atoms with Crippen LogP contribution in [0.2, 0.25) is 0 Å². The Bertz CT molecular complexity index is 179. The fourth-order valence-electron chi connectivity index (χ4n) is 0.447. The second kappa shape index (κ2) is 5.07. The van der Waals surface area contributed by atoms with Crippen LogP contribution in [0.4, 0.5) is 0 Å². The molecule has 0 fully saturated rings. The number of halogens is 1. The van der Waals surface area contributed by atoms with Crippen molar-refractivity contribution in [1.82, 2.24) is 5.32 Å². The molecule has 0 heterocycles. The van der Waals surface area contributed by atoms with E-state index in [0.29, 0.717) is 6.54 Å². The fourth-order valence-corrected chi connectivity index (χ4v) is 0.609. The molecule has 0 bridgehead atoms. The highest BCUT2D eigenvalue weighted by Gasteiger charge is 2.17. The van der Waals surface area contributed by atoms with Gasteiger partial charge in [-0.05, 0) is 6.92 Å². The van der Waals surface area contributed by atoms with E-state index >= 15 is 0 Å². The molecule has 0 aromatic rings. The number of amides is 1. The molecule has 0 aromatic carbocycles. The predicted molar refractivity (Wildman–Crippen MR) is 46.6 cm³/mol. The minimum absolute atomic E-state index is 0.202. The van der Waals surface area contributed by atoms with Crippen LogP contribution in [-0.2, 0) is 9.59 Å². The van der Waals surface area contributed by atoms with E-state index in [1.165, 1.54) is 6.92 Å². The number of carbonyl (C=O) groups is 2. The van der Waals surface area contributed by atoms with Crippen LogP contribution in [-0.4, -0.2) is 23.1 Å². The number of nitrogens with one attached hydrogen (secondary N) is 1. The average Bonchev–Trinajstić information content (AvgIpc) is 1.98. The molecule has 0 aliphatic rings. The topological polar surface area (TPSA) is 46.2 Å². The monoisotopic (exact) mass is 219 g/mol. The first-order valence-electron chi connectivity index (χ1n) is 3.12. The van der Waals surface area contributed by atoms with Crippen molar-refractivity contribution in [2.45, 2.75) is 11.8 Å². The zero-order valence-electron chi connectivity index (χ0n) is 6.26. The van der Waals surface area contributed by atoms with Gasteiger partial charge in [-0.3, -0.25) is 9.59 Å². The molecule has 0 aromatic heterocycles. The Morgan fingerprint density at radius 1 is 1.73 bits per heavy atom. The van der Waals surface area contributed by atoms with Gasteiger partial charge in [0.15, 0.2) is 10.6 Å². The molecule has 0 saturated heterocycles. The van der Waals surface area contributed by atoms with Gasteiger partial charge in [0, 0.05) is 6.54 Å². The number of hydrogen-bond acceptors (Lipinski definition) is 2. The van der Waals surface area contributed by atoms with Crippen LogP contribution < -0.4 is 5.32 Å². The third-order valence-corrected chi connectivity index (χ3v) is 2.07. The van der Waals surface area contributed by atoms with Crippen LogP contribution in [0.3, 0.4) is 0 Å². The Hall–Kier alpha value is -0.640. The number of alkyl halides is 1. The molecule has 1 N–H and O–H groups in total. The Morgan fingerprint density at radius 2 is 2.27 bits per heavy atom. The maximum atomic E-state index is 10.9. The predicted octanol–water partition coefficient (Wildman–Crippen LogP) is 0.641. The van der Waals surface area contributed by atoms with E-state index in [1.807, 2.05) is 0 Å². The van der Waals surface area contributed by atoms with Gasteiger partial charge in [0.05, 0.1) is 0 Å². The summed E-state index contributed by atoms with van der Waals surface area (Å²) in [5.41, 5.74) is 0. The first-order chi connectivity index (χ1) is 5.09. The van der Waals surface area contributed by atoms with Crippen LogP contribution in [0.1, 0.15) is 6.92 Å². The first-order valence-corrected chi connectivity index (χ1v) is 4.04. The lowest BCUT2D eigenvalue weighted by Gasteiger charge is -2.04. The highest BCUT2D eigenvalue weighted by atomic mass is 79.9. The molecule has 0 saturated carbocycles. The molecule has 3 nitrogen and oxygen atoms in total. The van der Waals surface area contributed by atoms with Gasteiger partial charge in [0.2, 0.25) is 5.91 Å². The van der Waals surface area contributed by atoms with Gasteiger partial charge >= 0.3 is 0 Å². The van der Waals surface area contributed by atoms with Crippen molar-refractivity contribution in [3.63, 3.8) is 0 Å². The molecule has 0 radical (unpaired) electrons. The minimum atomic E-state index is -0.734. The summed E-state index contributed by atoms with van der Waals surface area (Å²) in [6.45, 7) is 5.16. The van der Waals surface area contributed by atoms with Gasteiger partial charge in [-0.2, -0.15) is 0 Å². The van der Waals surface area contributed by atoms with E-state index < -0.39 is 4.83 Å². The van der Waals surface area contributed by atoms with E-state index in [9.17, 15) is 9.59 Å². The van der Waals surface area contributed by atoms with E-state index in [4.69, 9.17) is 0 Å². The molecule has 62 valence electrons. The fraction of sp³-hybridized carbons (Fsp3) is 0.429. The summed E-state index contributed by atoms with van der Waals surface area (Å²) < 4.78 is 0. The lowest BCUT2D eigenvalue weighted by atomic mass is 10.3. The van der Waals surface area contributed by atoms with E-state index in [-0.39, 0.29) is 11.7 Å². The van der Waals surface area contributed by atoms with Crippen molar-refractivity contribution in [2.24, 2.45) is 0 Å². The smallest absolute Gasteiger partial charge is 0.241 e. The molecular weight excluding hydrogens is 210 g/mol. The number of rotatable bonds is 4. The second-order valence-corrected chi connectivity index (χ2v) is 2.92. The molecule has 0 spiro atoms. The summed E-state index contributed by atoms with van der Waals surface area (Å²) in [4.78, 5) is 20.8. The van der Waals surface area contributed by atoms with E-state index in [1.54, 1.807) is 6.08 Å². The summed E-state index contributed by atoms with van der Waals surface area (Å²) in [6, 6.07) is 0. The lowest BCUT2D eigenvalue weighted by Crippen LogP contribution is -2.34. The molecule has 11 heavy (non-hydrogen) atoms. The van der Waals surface area contributed by atoms with Crippen molar-refractivity contribution in [2.75, 3.05) is 6.54 Å². The summed E-state index contributed by atoms with van der Waals surface area (Å²) >= 11 is 2.94.